The minimum absolute atomic E-state index is 0.293. The van der Waals surface area contributed by atoms with Crippen molar-refractivity contribution in [2.75, 3.05) is 11.9 Å². The normalized spacial score (nSPS) is 10.2. The average Bonchev–Trinajstić information content (AvgIpc) is 2.70. The lowest BCUT2D eigenvalue weighted by Gasteiger charge is -2.12. The minimum atomic E-state index is -0.605. The molecule has 6 nitrogen and oxygen atoms in total. The summed E-state index contributed by atoms with van der Waals surface area (Å²) in [5, 5.41) is 2.70. The first-order chi connectivity index (χ1) is 13.5. The number of benzene rings is 2. The van der Waals surface area contributed by atoms with Crippen LogP contribution in [0.4, 0.5) is 5.69 Å². The molecule has 28 heavy (non-hydrogen) atoms. The molecule has 0 spiro atoms. The van der Waals surface area contributed by atoms with Crippen molar-refractivity contribution in [3.05, 3.63) is 83.7 Å². The topological polar surface area (TPSA) is 77.5 Å². The standard InChI is InChI=1S/C22H20N2O4/c1-15-7-11-18(12-8-15)28-20-6-4-3-5-19(20)24-21(25)14-27-22(26)17-10-9-16(2)23-13-17/h3-13H,14H2,1-2H3,(H,24,25). The molecule has 0 atom stereocenters. The number of nitrogens with zero attached hydrogens (tertiary/aromatic N) is 1. The Hall–Kier alpha value is -3.67. The molecule has 1 aromatic heterocycles. The van der Waals surface area contributed by atoms with Crippen molar-refractivity contribution in [2.24, 2.45) is 0 Å². The van der Waals surface area contributed by atoms with Gasteiger partial charge in [0.05, 0.1) is 11.3 Å². The van der Waals surface area contributed by atoms with Gasteiger partial charge in [-0.15, -0.1) is 0 Å². The number of anilines is 1. The van der Waals surface area contributed by atoms with Gasteiger partial charge in [0.15, 0.2) is 12.4 Å². The van der Waals surface area contributed by atoms with Crippen molar-refractivity contribution in [1.82, 2.24) is 4.98 Å². The predicted octanol–water partition coefficient (Wildman–Crippen LogP) is 4.29. The van der Waals surface area contributed by atoms with Crippen molar-refractivity contribution in [2.45, 2.75) is 13.8 Å². The lowest BCUT2D eigenvalue weighted by molar-refractivity contribution is -0.119. The number of esters is 1. The van der Waals surface area contributed by atoms with Crippen LogP contribution in [0.15, 0.2) is 66.9 Å². The highest BCUT2D eigenvalue weighted by Crippen LogP contribution is 2.29. The van der Waals surface area contributed by atoms with Gasteiger partial charge in [-0.1, -0.05) is 29.8 Å². The van der Waals surface area contributed by atoms with E-state index < -0.39 is 18.5 Å². The van der Waals surface area contributed by atoms with E-state index in [9.17, 15) is 9.59 Å². The van der Waals surface area contributed by atoms with Gasteiger partial charge < -0.3 is 14.8 Å². The largest absolute Gasteiger partial charge is 0.455 e. The van der Waals surface area contributed by atoms with Crippen LogP contribution in [-0.4, -0.2) is 23.5 Å². The van der Waals surface area contributed by atoms with Gasteiger partial charge in [0.2, 0.25) is 0 Å². The fraction of sp³-hybridized carbons (Fsp3) is 0.136. The molecule has 1 amide bonds. The number of pyridine rings is 1. The van der Waals surface area contributed by atoms with Gasteiger partial charge in [0, 0.05) is 11.9 Å². The molecule has 3 rings (SSSR count). The average molecular weight is 376 g/mol. The summed E-state index contributed by atoms with van der Waals surface area (Å²) in [6.07, 6.45) is 1.42. The molecule has 0 aliphatic rings. The maximum atomic E-state index is 12.2. The fourth-order valence-electron chi connectivity index (χ4n) is 2.38. The number of carbonyl (C=O) groups excluding carboxylic acids is 2. The fourth-order valence-corrected chi connectivity index (χ4v) is 2.38. The summed E-state index contributed by atoms with van der Waals surface area (Å²) in [7, 11) is 0. The van der Waals surface area contributed by atoms with E-state index in [2.05, 4.69) is 10.3 Å². The van der Waals surface area contributed by atoms with Crippen LogP contribution in [0.5, 0.6) is 11.5 Å². The molecule has 2 aromatic carbocycles. The molecule has 1 heterocycles. The molecule has 6 heteroatoms. The summed E-state index contributed by atoms with van der Waals surface area (Å²) in [4.78, 5) is 28.2. The van der Waals surface area contributed by atoms with Crippen molar-refractivity contribution >= 4 is 17.6 Å². The molecule has 1 N–H and O–H groups in total. The van der Waals surface area contributed by atoms with E-state index in [0.29, 0.717) is 22.7 Å². The van der Waals surface area contributed by atoms with Crippen LogP contribution >= 0.6 is 0 Å². The molecule has 0 bridgehead atoms. The van der Waals surface area contributed by atoms with Gasteiger partial charge in [0.25, 0.3) is 5.91 Å². The van der Waals surface area contributed by atoms with E-state index in [4.69, 9.17) is 9.47 Å². The summed E-state index contributed by atoms with van der Waals surface area (Å²) in [6, 6.07) is 17.9. The number of rotatable bonds is 6. The number of aromatic nitrogens is 1. The Labute approximate surface area is 163 Å². The molecule has 0 unspecified atom stereocenters. The predicted molar refractivity (Wildman–Crippen MR) is 106 cm³/mol. The smallest absolute Gasteiger partial charge is 0.340 e. The summed E-state index contributed by atoms with van der Waals surface area (Å²) in [5.41, 5.74) is 2.70. The van der Waals surface area contributed by atoms with Gasteiger partial charge in [-0.3, -0.25) is 9.78 Å². The van der Waals surface area contributed by atoms with Crippen molar-refractivity contribution in [3.63, 3.8) is 0 Å². The van der Waals surface area contributed by atoms with Crippen LogP contribution in [0.25, 0.3) is 0 Å². The zero-order valence-electron chi connectivity index (χ0n) is 15.6. The van der Waals surface area contributed by atoms with Gasteiger partial charge >= 0.3 is 5.97 Å². The molecule has 0 fully saturated rings. The van der Waals surface area contributed by atoms with Crippen molar-refractivity contribution in [3.8, 4) is 11.5 Å². The van der Waals surface area contributed by atoms with Gasteiger partial charge in [-0.2, -0.15) is 0 Å². The first-order valence-electron chi connectivity index (χ1n) is 8.74. The van der Waals surface area contributed by atoms with Crippen LogP contribution in [0.3, 0.4) is 0 Å². The van der Waals surface area contributed by atoms with Gasteiger partial charge in [0.1, 0.15) is 5.75 Å². The number of nitrogens with one attached hydrogen (secondary N) is 1. The molecule has 142 valence electrons. The van der Waals surface area contributed by atoms with Gasteiger partial charge in [-0.05, 0) is 50.2 Å². The SMILES string of the molecule is Cc1ccc(Oc2ccccc2NC(=O)COC(=O)c2ccc(C)nc2)cc1. The number of hydrogen-bond donors (Lipinski definition) is 1. The maximum absolute atomic E-state index is 12.2. The lowest BCUT2D eigenvalue weighted by Crippen LogP contribution is -2.21. The first kappa shape index (κ1) is 19.1. The number of amides is 1. The Bertz CT molecular complexity index is 967. The molecule has 0 aliphatic heterocycles. The third-order valence-corrected chi connectivity index (χ3v) is 3.89. The third kappa shape index (κ3) is 5.17. The van der Waals surface area contributed by atoms with Gasteiger partial charge in [-0.25, -0.2) is 4.79 Å². The number of ether oxygens (including phenoxy) is 2. The van der Waals surface area contributed by atoms with E-state index in [1.165, 1.54) is 6.20 Å². The van der Waals surface area contributed by atoms with Crippen LogP contribution in [0, 0.1) is 13.8 Å². The molecule has 0 radical (unpaired) electrons. The summed E-state index contributed by atoms with van der Waals surface area (Å²) in [6.45, 7) is 3.40. The number of para-hydroxylation sites is 2. The van der Waals surface area contributed by atoms with Crippen LogP contribution in [-0.2, 0) is 9.53 Å². The summed E-state index contributed by atoms with van der Waals surface area (Å²) < 4.78 is 10.9. The maximum Gasteiger partial charge on any atom is 0.340 e. The molecule has 0 saturated heterocycles. The van der Waals surface area contributed by atoms with E-state index in [1.807, 2.05) is 44.2 Å². The summed E-state index contributed by atoms with van der Waals surface area (Å²) >= 11 is 0. The van der Waals surface area contributed by atoms with Crippen LogP contribution in [0.1, 0.15) is 21.6 Å². The second kappa shape index (κ2) is 8.81. The zero-order valence-corrected chi connectivity index (χ0v) is 15.6. The number of aryl methyl sites for hydroxylation is 2. The Kier molecular flexibility index (Phi) is 6.01. The van der Waals surface area contributed by atoms with E-state index in [1.54, 1.807) is 30.3 Å². The molecular weight excluding hydrogens is 356 g/mol. The van der Waals surface area contributed by atoms with Crippen molar-refractivity contribution in [1.29, 1.82) is 0 Å². The van der Waals surface area contributed by atoms with E-state index in [-0.39, 0.29) is 0 Å². The molecular formula is C22H20N2O4. The Morgan fingerprint density at radius 1 is 0.964 bits per heavy atom. The third-order valence-electron chi connectivity index (χ3n) is 3.89. The highest BCUT2D eigenvalue weighted by Gasteiger charge is 2.13. The summed E-state index contributed by atoms with van der Waals surface area (Å²) in [5.74, 6) is 0.0829. The van der Waals surface area contributed by atoms with Crippen LogP contribution < -0.4 is 10.1 Å². The monoisotopic (exact) mass is 376 g/mol. The van der Waals surface area contributed by atoms with E-state index >= 15 is 0 Å². The Balaban J connectivity index is 1.60. The second-order valence-corrected chi connectivity index (χ2v) is 6.22. The highest BCUT2D eigenvalue weighted by atomic mass is 16.5. The second-order valence-electron chi connectivity index (χ2n) is 6.22. The van der Waals surface area contributed by atoms with Crippen LogP contribution in [0.2, 0.25) is 0 Å². The molecule has 0 saturated carbocycles. The Morgan fingerprint density at radius 3 is 2.43 bits per heavy atom. The van der Waals surface area contributed by atoms with Crippen molar-refractivity contribution < 1.29 is 19.1 Å². The molecule has 3 aromatic rings. The highest BCUT2D eigenvalue weighted by molar-refractivity contribution is 5.96. The quantitative estimate of drug-likeness (QED) is 0.650. The lowest BCUT2D eigenvalue weighted by atomic mass is 10.2. The zero-order chi connectivity index (χ0) is 19.9. The number of carbonyl (C=O) groups is 2. The molecule has 0 aliphatic carbocycles. The Morgan fingerprint density at radius 2 is 1.71 bits per heavy atom. The first-order valence-corrected chi connectivity index (χ1v) is 8.74. The van der Waals surface area contributed by atoms with E-state index in [0.717, 1.165) is 11.3 Å². The minimum Gasteiger partial charge on any atom is -0.455 e. The number of hydrogen-bond acceptors (Lipinski definition) is 5.